The van der Waals surface area contributed by atoms with E-state index in [1.54, 1.807) is 0 Å². The van der Waals surface area contributed by atoms with Crippen LogP contribution in [0.15, 0.2) is 29.6 Å². The van der Waals surface area contributed by atoms with Gasteiger partial charge in [0.1, 0.15) is 0 Å². The maximum atomic E-state index is 3.56. The number of thiophene rings is 1. The average Bonchev–Trinajstić information content (AvgIpc) is 2.83. The second-order valence-corrected chi connectivity index (χ2v) is 4.48. The Balaban J connectivity index is 2.09. The highest BCUT2D eigenvalue weighted by atomic mass is 32.1. The predicted molar refractivity (Wildman–Crippen MR) is 58.5 cm³/mol. The van der Waals surface area contributed by atoms with Crippen LogP contribution in [0, 0.1) is 0 Å². The second-order valence-electron chi connectivity index (χ2n) is 3.56. The van der Waals surface area contributed by atoms with Crippen LogP contribution >= 0.6 is 11.3 Å². The zero-order valence-corrected chi connectivity index (χ0v) is 8.10. The van der Waals surface area contributed by atoms with Crippen molar-refractivity contribution >= 4 is 27.1 Å². The molecular formula is C11H11NS. The summed E-state index contributed by atoms with van der Waals surface area (Å²) in [5.41, 5.74) is 1.31. The van der Waals surface area contributed by atoms with Gasteiger partial charge in [0.05, 0.1) is 10.4 Å². The lowest BCUT2D eigenvalue weighted by Gasteiger charge is -2.04. The van der Waals surface area contributed by atoms with Crippen LogP contribution < -0.4 is 5.32 Å². The first kappa shape index (κ1) is 7.39. The molecule has 1 fully saturated rings. The van der Waals surface area contributed by atoms with Crippen LogP contribution in [0.2, 0.25) is 0 Å². The van der Waals surface area contributed by atoms with E-state index in [4.69, 9.17) is 0 Å². The Hall–Kier alpha value is -1.02. The van der Waals surface area contributed by atoms with Gasteiger partial charge in [-0.1, -0.05) is 12.1 Å². The molecular weight excluding hydrogens is 178 g/mol. The van der Waals surface area contributed by atoms with Gasteiger partial charge in [-0.3, -0.25) is 0 Å². The molecule has 1 heterocycles. The van der Waals surface area contributed by atoms with Crippen molar-refractivity contribution in [1.29, 1.82) is 0 Å². The van der Waals surface area contributed by atoms with Crippen LogP contribution in [0.3, 0.4) is 0 Å². The summed E-state index contributed by atoms with van der Waals surface area (Å²) in [6.07, 6.45) is 2.67. The van der Waals surface area contributed by atoms with E-state index in [9.17, 15) is 0 Å². The number of hydrogen-bond donors (Lipinski definition) is 1. The Morgan fingerprint density at radius 1 is 1.23 bits per heavy atom. The average molecular weight is 189 g/mol. The summed E-state index contributed by atoms with van der Waals surface area (Å²) < 4.78 is 1.40. The van der Waals surface area contributed by atoms with E-state index >= 15 is 0 Å². The summed E-state index contributed by atoms with van der Waals surface area (Å²) in [5.74, 6) is 0. The number of anilines is 1. The van der Waals surface area contributed by atoms with E-state index in [1.165, 1.54) is 28.6 Å². The van der Waals surface area contributed by atoms with E-state index in [-0.39, 0.29) is 0 Å². The fourth-order valence-corrected chi connectivity index (χ4v) is 2.43. The van der Waals surface area contributed by atoms with Gasteiger partial charge in [-0.2, -0.15) is 0 Å². The molecule has 1 N–H and O–H groups in total. The second kappa shape index (κ2) is 2.74. The molecule has 0 unspecified atom stereocenters. The highest BCUT2D eigenvalue weighted by molar-refractivity contribution is 7.17. The van der Waals surface area contributed by atoms with Crippen molar-refractivity contribution < 1.29 is 0 Å². The molecule has 13 heavy (non-hydrogen) atoms. The summed E-state index contributed by atoms with van der Waals surface area (Å²) in [4.78, 5) is 0. The van der Waals surface area contributed by atoms with Crippen LogP contribution in [0.25, 0.3) is 10.1 Å². The number of fused-ring (bicyclic) bond motifs is 1. The zero-order valence-electron chi connectivity index (χ0n) is 7.29. The lowest BCUT2D eigenvalue weighted by Crippen LogP contribution is -1.99. The van der Waals surface area contributed by atoms with Gasteiger partial charge >= 0.3 is 0 Å². The van der Waals surface area contributed by atoms with Gasteiger partial charge in [-0.05, 0) is 35.7 Å². The fraction of sp³-hybridized carbons (Fsp3) is 0.273. The first-order valence-corrected chi connectivity index (χ1v) is 5.54. The zero-order chi connectivity index (χ0) is 8.67. The molecule has 0 amide bonds. The number of rotatable bonds is 2. The van der Waals surface area contributed by atoms with Crippen LogP contribution in [-0.2, 0) is 0 Å². The molecule has 0 saturated heterocycles. The molecule has 2 heteroatoms. The first-order valence-electron chi connectivity index (χ1n) is 4.66. The van der Waals surface area contributed by atoms with Crippen LogP contribution in [-0.4, -0.2) is 6.04 Å². The Morgan fingerprint density at radius 2 is 2.15 bits per heavy atom. The van der Waals surface area contributed by atoms with Gasteiger partial charge in [0.25, 0.3) is 0 Å². The molecule has 66 valence electrons. The number of benzene rings is 1. The van der Waals surface area contributed by atoms with Crippen LogP contribution in [0.5, 0.6) is 0 Å². The molecule has 0 atom stereocenters. The molecule has 0 aliphatic heterocycles. The van der Waals surface area contributed by atoms with Gasteiger partial charge in [0, 0.05) is 6.04 Å². The summed E-state index contributed by atoms with van der Waals surface area (Å²) >= 11 is 1.82. The van der Waals surface area contributed by atoms with Crippen molar-refractivity contribution in [2.45, 2.75) is 18.9 Å². The van der Waals surface area contributed by atoms with E-state index in [0.29, 0.717) is 0 Å². The molecule has 0 bridgehead atoms. The Morgan fingerprint density at radius 3 is 3.00 bits per heavy atom. The summed E-state index contributed by atoms with van der Waals surface area (Å²) in [6.45, 7) is 0. The topological polar surface area (TPSA) is 12.0 Å². The molecule has 3 rings (SSSR count). The van der Waals surface area contributed by atoms with Crippen molar-refractivity contribution in [3.05, 3.63) is 29.6 Å². The van der Waals surface area contributed by atoms with Gasteiger partial charge in [-0.15, -0.1) is 11.3 Å². The van der Waals surface area contributed by atoms with E-state index < -0.39 is 0 Å². The standard InChI is InChI=1S/C11H11NS/c1-2-8-6-7-13-11(8)10(3-1)12-9-4-5-9/h1-3,6-7,9,12H,4-5H2. The quantitative estimate of drug-likeness (QED) is 0.762. The molecule has 1 aromatic carbocycles. The highest BCUT2D eigenvalue weighted by Gasteiger charge is 2.21. The molecule has 0 spiro atoms. The lowest BCUT2D eigenvalue weighted by atomic mass is 10.2. The summed E-state index contributed by atoms with van der Waals surface area (Å²) in [6, 6.07) is 9.39. The largest absolute Gasteiger partial charge is 0.381 e. The van der Waals surface area contributed by atoms with Gasteiger partial charge in [0.15, 0.2) is 0 Å². The van der Waals surface area contributed by atoms with Crippen molar-refractivity contribution in [3.8, 4) is 0 Å². The van der Waals surface area contributed by atoms with Crippen molar-refractivity contribution in [1.82, 2.24) is 0 Å². The fourth-order valence-electron chi connectivity index (χ4n) is 1.55. The molecule has 0 radical (unpaired) electrons. The van der Waals surface area contributed by atoms with Gasteiger partial charge in [-0.25, -0.2) is 0 Å². The third-order valence-electron chi connectivity index (χ3n) is 2.42. The van der Waals surface area contributed by atoms with E-state index in [1.807, 2.05) is 11.3 Å². The molecule has 1 aliphatic rings. The van der Waals surface area contributed by atoms with Gasteiger partial charge in [0.2, 0.25) is 0 Å². The molecule has 1 aromatic heterocycles. The molecule has 1 nitrogen and oxygen atoms in total. The maximum absolute atomic E-state index is 3.56. The Bertz CT molecular complexity index is 428. The minimum atomic E-state index is 0.743. The number of nitrogens with one attached hydrogen (secondary N) is 1. The number of hydrogen-bond acceptors (Lipinski definition) is 2. The minimum Gasteiger partial charge on any atom is -0.381 e. The third kappa shape index (κ3) is 1.31. The summed E-state index contributed by atoms with van der Waals surface area (Å²) in [7, 11) is 0. The minimum absolute atomic E-state index is 0.743. The SMILES string of the molecule is c1cc(NC2CC2)c2sccc2c1. The van der Waals surface area contributed by atoms with Crippen LogP contribution in [0.1, 0.15) is 12.8 Å². The normalized spacial score (nSPS) is 16.3. The van der Waals surface area contributed by atoms with Crippen molar-refractivity contribution in [2.75, 3.05) is 5.32 Å². The summed E-state index contributed by atoms with van der Waals surface area (Å²) in [5, 5.41) is 7.07. The van der Waals surface area contributed by atoms with E-state index in [0.717, 1.165) is 6.04 Å². The Kier molecular flexibility index (Phi) is 1.56. The first-order chi connectivity index (χ1) is 6.43. The van der Waals surface area contributed by atoms with Crippen molar-refractivity contribution in [3.63, 3.8) is 0 Å². The Labute approximate surface area is 81.4 Å². The smallest absolute Gasteiger partial charge is 0.0574 e. The predicted octanol–water partition coefficient (Wildman–Crippen LogP) is 3.48. The molecule has 2 aromatic rings. The van der Waals surface area contributed by atoms with Crippen LogP contribution in [0.4, 0.5) is 5.69 Å². The molecule has 1 aliphatic carbocycles. The lowest BCUT2D eigenvalue weighted by molar-refractivity contribution is 1.16. The van der Waals surface area contributed by atoms with Crippen molar-refractivity contribution in [2.24, 2.45) is 0 Å². The van der Waals surface area contributed by atoms with Gasteiger partial charge < -0.3 is 5.32 Å². The van der Waals surface area contributed by atoms with E-state index in [2.05, 4.69) is 35.0 Å². The monoisotopic (exact) mass is 189 g/mol. The maximum Gasteiger partial charge on any atom is 0.0574 e. The molecule has 1 saturated carbocycles. The third-order valence-corrected chi connectivity index (χ3v) is 3.38. The highest BCUT2D eigenvalue weighted by Crippen LogP contribution is 2.32.